The van der Waals surface area contributed by atoms with E-state index in [1.807, 2.05) is 13.0 Å². The van der Waals surface area contributed by atoms with E-state index in [-0.39, 0.29) is 5.75 Å². The third-order valence-corrected chi connectivity index (χ3v) is 3.85. The molecule has 0 fully saturated rings. The largest absolute Gasteiger partial charge is 0.496 e. The molecule has 1 aromatic heterocycles. The Morgan fingerprint density at radius 2 is 1.88 bits per heavy atom. The number of aryl methyl sites for hydroxylation is 1. The molecule has 0 aliphatic heterocycles. The molecule has 1 heterocycles. The summed E-state index contributed by atoms with van der Waals surface area (Å²) in [7, 11) is 1.35. The Morgan fingerprint density at radius 3 is 2.48 bits per heavy atom. The molecule has 2 aromatic rings. The third-order valence-electron chi connectivity index (χ3n) is 3.85. The summed E-state index contributed by atoms with van der Waals surface area (Å²) in [5.74, 6) is 0.797. The Kier molecular flexibility index (Phi) is 6.28. The number of aromatic nitrogens is 1. The zero-order valence-corrected chi connectivity index (χ0v) is 14.6. The van der Waals surface area contributed by atoms with Gasteiger partial charge < -0.3 is 9.47 Å². The molecule has 0 radical (unpaired) electrons. The molecule has 2 rings (SSSR count). The zero-order valence-electron chi connectivity index (χ0n) is 14.6. The van der Waals surface area contributed by atoms with E-state index in [0.29, 0.717) is 23.6 Å². The first-order chi connectivity index (χ1) is 11.9. The summed E-state index contributed by atoms with van der Waals surface area (Å²) in [5, 5.41) is 0. The van der Waals surface area contributed by atoms with Crippen LogP contribution in [-0.2, 0) is 6.18 Å². The van der Waals surface area contributed by atoms with Crippen molar-refractivity contribution in [3.05, 3.63) is 41.6 Å². The first-order valence-corrected chi connectivity index (χ1v) is 8.22. The SMILES string of the molecule is CCCCCOc1cnc(-c2ccc(C(F)(F)F)cc2OC)c(C)c1. The maximum atomic E-state index is 12.9. The lowest BCUT2D eigenvalue weighted by Gasteiger charge is -2.14. The van der Waals surface area contributed by atoms with Crippen LogP contribution < -0.4 is 9.47 Å². The summed E-state index contributed by atoms with van der Waals surface area (Å²) in [6, 6.07) is 5.25. The maximum Gasteiger partial charge on any atom is 0.416 e. The van der Waals surface area contributed by atoms with E-state index in [1.165, 1.54) is 13.2 Å². The van der Waals surface area contributed by atoms with Crippen LogP contribution in [0.25, 0.3) is 11.3 Å². The van der Waals surface area contributed by atoms with E-state index in [1.54, 1.807) is 6.20 Å². The lowest BCUT2D eigenvalue weighted by atomic mass is 10.0. The minimum Gasteiger partial charge on any atom is -0.496 e. The number of halogens is 3. The highest BCUT2D eigenvalue weighted by molar-refractivity contribution is 5.71. The second-order valence-corrected chi connectivity index (χ2v) is 5.80. The molecule has 0 aliphatic rings. The minimum absolute atomic E-state index is 0.141. The van der Waals surface area contributed by atoms with Crippen molar-refractivity contribution < 1.29 is 22.6 Å². The van der Waals surface area contributed by atoms with E-state index < -0.39 is 11.7 Å². The normalized spacial score (nSPS) is 11.4. The van der Waals surface area contributed by atoms with E-state index in [4.69, 9.17) is 9.47 Å². The van der Waals surface area contributed by atoms with Gasteiger partial charge in [0.2, 0.25) is 0 Å². The minimum atomic E-state index is -4.41. The molecule has 0 bridgehead atoms. The molecule has 0 amide bonds. The number of hydrogen-bond donors (Lipinski definition) is 0. The summed E-state index contributed by atoms with van der Waals surface area (Å²) in [4.78, 5) is 4.36. The van der Waals surface area contributed by atoms with Crippen LogP contribution in [0.3, 0.4) is 0 Å². The zero-order chi connectivity index (χ0) is 18.4. The Morgan fingerprint density at radius 1 is 1.12 bits per heavy atom. The molecule has 1 aromatic carbocycles. The van der Waals surface area contributed by atoms with Crippen molar-refractivity contribution in [2.45, 2.75) is 39.3 Å². The lowest BCUT2D eigenvalue weighted by Crippen LogP contribution is -2.05. The number of pyridine rings is 1. The van der Waals surface area contributed by atoms with Gasteiger partial charge in [-0.2, -0.15) is 13.2 Å². The van der Waals surface area contributed by atoms with Crippen molar-refractivity contribution in [3.63, 3.8) is 0 Å². The summed E-state index contributed by atoms with van der Waals surface area (Å²) < 4.78 is 49.4. The van der Waals surface area contributed by atoms with Crippen LogP contribution in [0.4, 0.5) is 13.2 Å². The predicted octanol–water partition coefficient (Wildman–Crippen LogP) is 5.65. The Balaban J connectivity index is 2.26. The second-order valence-electron chi connectivity index (χ2n) is 5.80. The van der Waals surface area contributed by atoms with Gasteiger partial charge in [-0.1, -0.05) is 19.8 Å². The fourth-order valence-electron chi connectivity index (χ4n) is 2.52. The van der Waals surface area contributed by atoms with Crippen LogP contribution in [0.5, 0.6) is 11.5 Å². The van der Waals surface area contributed by atoms with Crippen molar-refractivity contribution in [2.24, 2.45) is 0 Å². The standard InChI is InChI=1S/C19H22F3NO2/c1-4-5-6-9-25-15-10-13(2)18(23-12-15)16-8-7-14(19(20,21)22)11-17(16)24-3/h7-8,10-12H,4-6,9H2,1-3H3. The number of rotatable bonds is 7. The fourth-order valence-corrected chi connectivity index (χ4v) is 2.52. The molecule has 0 saturated carbocycles. The van der Waals surface area contributed by atoms with E-state index in [2.05, 4.69) is 11.9 Å². The number of unbranched alkanes of at least 4 members (excludes halogenated alkanes) is 2. The first kappa shape index (κ1) is 19.1. The van der Waals surface area contributed by atoms with E-state index >= 15 is 0 Å². The molecule has 136 valence electrons. The lowest BCUT2D eigenvalue weighted by molar-refractivity contribution is -0.137. The molecule has 0 unspecified atom stereocenters. The van der Waals surface area contributed by atoms with Gasteiger partial charge in [0, 0.05) is 5.56 Å². The first-order valence-electron chi connectivity index (χ1n) is 8.22. The molecular weight excluding hydrogens is 331 g/mol. The van der Waals surface area contributed by atoms with Crippen molar-refractivity contribution in [3.8, 4) is 22.8 Å². The number of ether oxygens (including phenoxy) is 2. The Hall–Kier alpha value is -2.24. The molecule has 6 heteroatoms. The van der Waals surface area contributed by atoms with Gasteiger partial charge in [-0.05, 0) is 43.2 Å². The Labute approximate surface area is 145 Å². The molecule has 0 spiro atoms. The molecule has 0 aliphatic carbocycles. The molecular formula is C19H22F3NO2. The van der Waals surface area contributed by atoms with E-state index in [9.17, 15) is 13.2 Å². The molecule has 25 heavy (non-hydrogen) atoms. The van der Waals surface area contributed by atoms with Gasteiger partial charge in [0.15, 0.2) is 0 Å². The number of methoxy groups -OCH3 is 1. The molecule has 0 saturated heterocycles. The van der Waals surface area contributed by atoms with Gasteiger partial charge >= 0.3 is 6.18 Å². The van der Waals surface area contributed by atoms with Gasteiger partial charge in [0.1, 0.15) is 11.5 Å². The van der Waals surface area contributed by atoms with Crippen LogP contribution >= 0.6 is 0 Å². The Bertz CT molecular complexity index is 714. The van der Waals surface area contributed by atoms with Crippen LogP contribution in [0.1, 0.15) is 37.3 Å². The van der Waals surface area contributed by atoms with Gasteiger partial charge in [-0.25, -0.2) is 0 Å². The maximum absolute atomic E-state index is 12.9. The monoisotopic (exact) mass is 353 g/mol. The number of nitrogens with zero attached hydrogens (tertiary/aromatic N) is 1. The van der Waals surface area contributed by atoms with E-state index in [0.717, 1.165) is 37.0 Å². The average molecular weight is 353 g/mol. The predicted molar refractivity (Wildman–Crippen MR) is 91.0 cm³/mol. The van der Waals surface area contributed by atoms with Crippen molar-refractivity contribution in [1.29, 1.82) is 0 Å². The van der Waals surface area contributed by atoms with Crippen LogP contribution in [0, 0.1) is 6.92 Å². The number of benzene rings is 1. The van der Waals surface area contributed by atoms with Crippen molar-refractivity contribution in [1.82, 2.24) is 4.98 Å². The fraction of sp³-hybridized carbons (Fsp3) is 0.421. The van der Waals surface area contributed by atoms with Crippen molar-refractivity contribution in [2.75, 3.05) is 13.7 Å². The van der Waals surface area contributed by atoms with Crippen LogP contribution in [0.2, 0.25) is 0 Å². The highest BCUT2D eigenvalue weighted by Crippen LogP contribution is 2.37. The second kappa shape index (κ2) is 8.23. The quantitative estimate of drug-likeness (QED) is 0.603. The highest BCUT2D eigenvalue weighted by atomic mass is 19.4. The summed E-state index contributed by atoms with van der Waals surface area (Å²) in [6.45, 7) is 4.59. The summed E-state index contributed by atoms with van der Waals surface area (Å²) >= 11 is 0. The van der Waals surface area contributed by atoms with Crippen molar-refractivity contribution >= 4 is 0 Å². The molecule has 0 N–H and O–H groups in total. The molecule has 3 nitrogen and oxygen atoms in total. The number of hydrogen-bond acceptors (Lipinski definition) is 3. The summed E-state index contributed by atoms with van der Waals surface area (Å²) in [6.07, 6.45) is 0.375. The van der Waals surface area contributed by atoms with Gasteiger partial charge in [-0.3, -0.25) is 4.98 Å². The van der Waals surface area contributed by atoms with Gasteiger partial charge in [0.25, 0.3) is 0 Å². The third kappa shape index (κ3) is 4.87. The number of alkyl halides is 3. The topological polar surface area (TPSA) is 31.4 Å². The van der Waals surface area contributed by atoms with Crippen LogP contribution in [0.15, 0.2) is 30.5 Å². The molecule has 0 atom stereocenters. The van der Waals surface area contributed by atoms with Gasteiger partial charge in [-0.15, -0.1) is 0 Å². The smallest absolute Gasteiger partial charge is 0.416 e. The van der Waals surface area contributed by atoms with Gasteiger partial charge in [0.05, 0.1) is 31.2 Å². The summed E-state index contributed by atoms with van der Waals surface area (Å²) in [5.41, 5.74) is 1.16. The highest BCUT2D eigenvalue weighted by Gasteiger charge is 2.31. The average Bonchev–Trinajstić information content (AvgIpc) is 2.57. The van der Waals surface area contributed by atoms with Crippen LogP contribution in [-0.4, -0.2) is 18.7 Å².